The monoisotopic (exact) mass is 406 g/mol. The molecule has 1 atom stereocenters. The summed E-state index contributed by atoms with van der Waals surface area (Å²) in [4.78, 5) is 37.8. The summed E-state index contributed by atoms with van der Waals surface area (Å²) in [5.41, 5.74) is 1.47. The van der Waals surface area contributed by atoms with E-state index in [9.17, 15) is 19.6 Å². The molecule has 6 nitrogen and oxygen atoms in total. The van der Waals surface area contributed by atoms with Crippen LogP contribution in [0, 0.1) is 31.1 Å². The Bertz CT molecular complexity index is 1020. The highest BCUT2D eigenvalue weighted by Gasteiger charge is 2.30. The fourth-order valence-electron chi connectivity index (χ4n) is 2.82. The molecule has 2 aromatic rings. The summed E-state index contributed by atoms with van der Waals surface area (Å²) >= 11 is 0. The van der Waals surface area contributed by atoms with Crippen molar-refractivity contribution in [3.05, 3.63) is 70.3 Å². The molecule has 1 amide bonds. The minimum Gasteiger partial charge on any atom is -0.452 e. The van der Waals surface area contributed by atoms with Gasteiger partial charge >= 0.3 is 5.97 Å². The maximum atomic E-state index is 13.1. The van der Waals surface area contributed by atoms with Crippen LogP contribution >= 0.6 is 0 Å². The van der Waals surface area contributed by atoms with Gasteiger partial charge in [-0.2, -0.15) is 5.26 Å². The van der Waals surface area contributed by atoms with E-state index in [1.807, 2.05) is 39.8 Å². The number of nitriles is 1. The molecule has 0 unspecified atom stereocenters. The predicted molar refractivity (Wildman–Crippen MR) is 113 cm³/mol. The smallest absolute Gasteiger partial charge is 0.339 e. The molecule has 0 saturated heterocycles. The lowest BCUT2D eigenvalue weighted by molar-refractivity contribution is -0.125. The highest BCUT2D eigenvalue weighted by Crippen LogP contribution is 2.20. The Kier molecular flexibility index (Phi) is 7.12. The van der Waals surface area contributed by atoms with Gasteiger partial charge in [-0.3, -0.25) is 9.59 Å². The van der Waals surface area contributed by atoms with E-state index in [2.05, 4.69) is 11.4 Å². The van der Waals surface area contributed by atoms with Crippen LogP contribution in [-0.4, -0.2) is 29.8 Å². The first-order valence-electron chi connectivity index (χ1n) is 9.69. The summed E-state index contributed by atoms with van der Waals surface area (Å²) in [7, 11) is 0. The van der Waals surface area contributed by atoms with Gasteiger partial charge in [0.1, 0.15) is 5.54 Å². The highest BCUT2D eigenvalue weighted by molar-refractivity contribution is 6.15. The van der Waals surface area contributed by atoms with Crippen LogP contribution in [0.1, 0.15) is 58.2 Å². The van der Waals surface area contributed by atoms with E-state index in [1.54, 1.807) is 31.2 Å². The normalized spacial score (nSPS) is 12.6. The lowest BCUT2D eigenvalue weighted by atomic mass is 9.90. The number of benzene rings is 2. The van der Waals surface area contributed by atoms with Gasteiger partial charge in [-0.05, 0) is 44.4 Å². The maximum Gasteiger partial charge on any atom is 0.339 e. The number of nitrogens with zero attached hydrogens (tertiary/aromatic N) is 1. The average molecular weight is 406 g/mol. The molecule has 1 N–H and O–H groups in total. The van der Waals surface area contributed by atoms with Gasteiger partial charge in [0, 0.05) is 11.1 Å². The van der Waals surface area contributed by atoms with Crippen molar-refractivity contribution in [3.63, 3.8) is 0 Å². The van der Waals surface area contributed by atoms with Gasteiger partial charge in [-0.1, -0.05) is 49.7 Å². The number of rotatable bonds is 7. The van der Waals surface area contributed by atoms with Crippen LogP contribution in [0.5, 0.6) is 0 Å². The van der Waals surface area contributed by atoms with Gasteiger partial charge in [0.05, 0.1) is 11.6 Å². The van der Waals surface area contributed by atoms with Gasteiger partial charge in [-0.25, -0.2) is 4.79 Å². The summed E-state index contributed by atoms with van der Waals surface area (Å²) in [6.45, 7) is 8.40. The quantitative estimate of drug-likeness (QED) is 0.558. The van der Waals surface area contributed by atoms with E-state index < -0.39 is 24.0 Å². The Balaban J connectivity index is 2.19. The molecule has 0 heterocycles. The third-order valence-electron chi connectivity index (χ3n) is 5.15. The van der Waals surface area contributed by atoms with Gasteiger partial charge in [0.15, 0.2) is 12.4 Å². The Labute approximate surface area is 176 Å². The second kappa shape index (κ2) is 9.36. The number of carbonyl (C=O) groups excluding carboxylic acids is 3. The third-order valence-corrected chi connectivity index (χ3v) is 5.15. The number of aryl methyl sites for hydroxylation is 2. The summed E-state index contributed by atoms with van der Waals surface area (Å²) in [5.74, 6) is -1.77. The van der Waals surface area contributed by atoms with E-state index in [1.165, 1.54) is 6.07 Å². The van der Waals surface area contributed by atoms with Crippen molar-refractivity contribution >= 4 is 17.7 Å². The second-order valence-electron chi connectivity index (χ2n) is 7.79. The van der Waals surface area contributed by atoms with E-state index in [0.717, 1.165) is 11.1 Å². The van der Waals surface area contributed by atoms with Crippen LogP contribution in [0.4, 0.5) is 0 Å². The topological polar surface area (TPSA) is 96.3 Å². The molecule has 30 heavy (non-hydrogen) atoms. The molecular formula is C24H26N2O4. The minimum absolute atomic E-state index is 0.0862. The fraction of sp³-hybridized carbons (Fsp3) is 0.333. The lowest BCUT2D eigenvalue weighted by Gasteiger charge is -2.27. The standard InChI is InChI=1S/C24H26N2O4/c1-15(2)24(5,14-25)26-21(27)13-30-23(29)19-9-7-6-8-18(19)22(28)20-12-16(3)10-11-17(20)4/h6-12,15H,13H2,1-5H3,(H,26,27)/t24-/m0/s1. The van der Waals surface area contributed by atoms with Gasteiger partial charge < -0.3 is 10.1 Å². The minimum atomic E-state index is -1.07. The number of esters is 1. The van der Waals surface area contributed by atoms with Crippen molar-refractivity contribution < 1.29 is 19.1 Å². The van der Waals surface area contributed by atoms with Crippen molar-refractivity contribution in [2.45, 2.75) is 40.2 Å². The van der Waals surface area contributed by atoms with Crippen molar-refractivity contribution in [1.82, 2.24) is 5.32 Å². The zero-order chi connectivity index (χ0) is 22.5. The summed E-state index contributed by atoms with van der Waals surface area (Å²) in [5, 5.41) is 11.9. The Hall–Kier alpha value is -3.46. The first kappa shape index (κ1) is 22.8. The molecule has 0 aliphatic heterocycles. The lowest BCUT2D eigenvalue weighted by Crippen LogP contribution is -2.50. The van der Waals surface area contributed by atoms with Crippen LogP contribution in [0.15, 0.2) is 42.5 Å². The number of ketones is 1. The van der Waals surface area contributed by atoms with E-state index in [4.69, 9.17) is 4.74 Å². The molecule has 2 aromatic carbocycles. The molecule has 0 aromatic heterocycles. The molecule has 0 spiro atoms. The van der Waals surface area contributed by atoms with Crippen molar-refractivity contribution in [2.75, 3.05) is 6.61 Å². The second-order valence-corrected chi connectivity index (χ2v) is 7.79. The van der Waals surface area contributed by atoms with Crippen LogP contribution in [0.25, 0.3) is 0 Å². The van der Waals surface area contributed by atoms with Crippen LogP contribution < -0.4 is 5.32 Å². The third kappa shape index (κ3) is 5.12. The Morgan fingerprint density at radius 1 is 1.07 bits per heavy atom. The molecule has 2 rings (SSSR count). The molecule has 6 heteroatoms. The number of hydrogen-bond donors (Lipinski definition) is 1. The molecule has 156 valence electrons. The maximum absolute atomic E-state index is 13.1. The molecular weight excluding hydrogens is 380 g/mol. The summed E-state index contributed by atoms with van der Waals surface area (Å²) in [6, 6.07) is 14.0. The van der Waals surface area contributed by atoms with Crippen LogP contribution in [0.3, 0.4) is 0 Å². The van der Waals surface area contributed by atoms with E-state index in [-0.39, 0.29) is 22.8 Å². The van der Waals surface area contributed by atoms with Crippen molar-refractivity contribution in [2.24, 2.45) is 5.92 Å². The van der Waals surface area contributed by atoms with Gasteiger partial charge in [-0.15, -0.1) is 0 Å². The van der Waals surface area contributed by atoms with Crippen molar-refractivity contribution in [1.29, 1.82) is 5.26 Å². The number of hydrogen-bond acceptors (Lipinski definition) is 5. The van der Waals surface area contributed by atoms with E-state index >= 15 is 0 Å². The Morgan fingerprint density at radius 2 is 1.70 bits per heavy atom. The fourth-order valence-corrected chi connectivity index (χ4v) is 2.82. The van der Waals surface area contributed by atoms with Crippen LogP contribution in [-0.2, 0) is 9.53 Å². The first-order chi connectivity index (χ1) is 14.1. The summed E-state index contributed by atoms with van der Waals surface area (Å²) < 4.78 is 5.13. The van der Waals surface area contributed by atoms with Crippen molar-refractivity contribution in [3.8, 4) is 6.07 Å². The zero-order valence-corrected chi connectivity index (χ0v) is 17.9. The Morgan fingerprint density at radius 3 is 2.30 bits per heavy atom. The molecule has 0 radical (unpaired) electrons. The number of nitrogens with one attached hydrogen (secondary N) is 1. The summed E-state index contributed by atoms with van der Waals surface area (Å²) in [6.07, 6.45) is 0. The van der Waals surface area contributed by atoms with Crippen LogP contribution in [0.2, 0.25) is 0 Å². The molecule has 0 aliphatic carbocycles. The number of amides is 1. The molecule has 0 aliphatic rings. The number of ether oxygens (including phenoxy) is 1. The zero-order valence-electron chi connectivity index (χ0n) is 17.9. The average Bonchev–Trinajstić information content (AvgIpc) is 2.72. The van der Waals surface area contributed by atoms with Gasteiger partial charge in [0.25, 0.3) is 5.91 Å². The van der Waals surface area contributed by atoms with Gasteiger partial charge in [0.2, 0.25) is 0 Å². The molecule has 0 bridgehead atoms. The SMILES string of the molecule is Cc1ccc(C)c(C(=O)c2ccccc2C(=O)OCC(=O)N[C@@](C)(C#N)C(C)C)c1. The largest absolute Gasteiger partial charge is 0.452 e. The predicted octanol–water partition coefficient (Wildman–Crippen LogP) is 3.75. The number of carbonyl (C=O) groups is 3. The molecule has 0 fully saturated rings. The van der Waals surface area contributed by atoms with E-state index in [0.29, 0.717) is 5.56 Å². The highest BCUT2D eigenvalue weighted by atomic mass is 16.5. The molecule has 0 saturated carbocycles. The first-order valence-corrected chi connectivity index (χ1v) is 9.69.